The molecule has 18 heavy (non-hydrogen) atoms. The van der Waals surface area contributed by atoms with E-state index >= 15 is 0 Å². The van der Waals surface area contributed by atoms with E-state index in [1.165, 1.54) is 0 Å². The number of hydrogen-bond donors (Lipinski definition) is 1. The molecule has 1 aliphatic rings. The number of rotatable bonds is 4. The van der Waals surface area contributed by atoms with Gasteiger partial charge in [0.1, 0.15) is 11.5 Å². The third kappa shape index (κ3) is 2.88. The smallest absolute Gasteiger partial charge is 0.141 e. The lowest BCUT2D eigenvalue weighted by Gasteiger charge is -2.26. The summed E-state index contributed by atoms with van der Waals surface area (Å²) in [7, 11) is 1.59. The molecule has 0 radical (unpaired) electrons. The normalized spacial score (nSPS) is 19.6. The average Bonchev–Trinajstić information content (AvgIpc) is 2.41. The van der Waals surface area contributed by atoms with Crippen molar-refractivity contribution in [1.29, 1.82) is 0 Å². The highest BCUT2D eigenvalue weighted by Gasteiger charge is 2.21. The molecule has 0 spiro atoms. The molecule has 1 saturated heterocycles. The van der Waals surface area contributed by atoms with Crippen molar-refractivity contribution in [3.63, 3.8) is 0 Å². The Balaban J connectivity index is 2.33. The van der Waals surface area contributed by atoms with Crippen molar-refractivity contribution in [3.8, 4) is 11.5 Å². The van der Waals surface area contributed by atoms with Crippen molar-refractivity contribution in [2.24, 2.45) is 0 Å². The van der Waals surface area contributed by atoms with Gasteiger partial charge in [-0.2, -0.15) is 0 Å². The number of hydrogen-bond acceptors (Lipinski definition) is 4. The van der Waals surface area contributed by atoms with Crippen LogP contribution in [0.3, 0.4) is 0 Å². The highest BCUT2D eigenvalue weighted by molar-refractivity contribution is 6.32. The minimum atomic E-state index is -0.0243. The molecule has 4 nitrogen and oxygen atoms in total. The molecule has 1 aliphatic heterocycles. The van der Waals surface area contributed by atoms with Crippen molar-refractivity contribution in [2.75, 3.05) is 33.4 Å². The molecule has 1 aromatic carbocycles. The zero-order chi connectivity index (χ0) is 13.0. The van der Waals surface area contributed by atoms with Crippen LogP contribution in [0.15, 0.2) is 12.1 Å². The molecular formula is C13H18ClNO3. The van der Waals surface area contributed by atoms with Crippen LogP contribution in [0.5, 0.6) is 11.5 Å². The zero-order valence-electron chi connectivity index (χ0n) is 10.7. The zero-order valence-corrected chi connectivity index (χ0v) is 11.4. The first-order chi connectivity index (χ1) is 8.76. The average molecular weight is 272 g/mol. The summed E-state index contributed by atoms with van der Waals surface area (Å²) in [4.78, 5) is 0. The molecular weight excluding hydrogens is 254 g/mol. The molecule has 5 heteroatoms. The number of morpholine rings is 1. The maximum atomic E-state index is 6.16. The van der Waals surface area contributed by atoms with Gasteiger partial charge in [-0.05, 0) is 13.0 Å². The fourth-order valence-corrected chi connectivity index (χ4v) is 2.25. The van der Waals surface area contributed by atoms with Gasteiger partial charge < -0.3 is 19.5 Å². The van der Waals surface area contributed by atoms with Crippen molar-refractivity contribution in [1.82, 2.24) is 5.32 Å². The molecule has 0 bridgehead atoms. The molecule has 0 saturated carbocycles. The van der Waals surface area contributed by atoms with Crippen molar-refractivity contribution < 1.29 is 14.2 Å². The lowest BCUT2D eigenvalue weighted by molar-refractivity contribution is 0.0259. The van der Waals surface area contributed by atoms with E-state index in [9.17, 15) is 0 Å². The molecule has 1 atom stereocenters. The summed E-state index contributed by atoms with van der Waals surface area (Å²) in [6.07, 6.45) is -0.0243. The minimum absolute atomic E-state index is 0.0243. The Labute approximate surface area is 112 Å². The Bertz CT molecular complexity index is 405. The molecule has 2 rings (SSSR count). The largest absolute Gasteiger partial charge is 0.495 e. The van der Waals surface area contributed by atoms with Gasteiger partial charge in [0.15, 0.2) is 0 Å². The Hall–Kier alpha value is -0.970. The lowest BCUT2D eigenvalue weighted by Crippen LogP contribution is -2.33. The molecule has 1 fully saturated rings. The molecule has 1 N–H and O–H groups in total. The van der Waals surface area contributed by atoms with Crippen molar-refractivity contribution in [2.45, 2.75) is 13.0 Å². The summed E-state index contributed by atoms with van der Waals surface area (Å²) in [5, 5.41) is 3.87. The molecule has 1 unspecified atom stereocenters. The van der Waals surface area contributed by atoms with E-state index in [2.05, 4.69) is 5.32 Å². The van der Waals surface area contributed by atoms with Gasteiger partial charge in [-0.1, -0.05) is 11.6 Å². The van der Waals surface area contributed by atoms with E-state index in [0.717, 1.165) is 24.4 Å². The van der Waals surface area contributed by atoms with Crippen LogP contribution in [0.25, 0.3) is 0 Å². The minimum Gasteiger partial charge on any atom is -0.495 e. The van der Waals surface area contributed by atoms with Gasteiger partial charge in [0.2, 0.25) is 0 Å². The number of methoxy groups -OCH3 is 1. The summed E-state index contributed by atoms with van der Waals surface area (Å²) in [6, 6.07) is 3.68. The quantitative estimate of drug-likeness (QED) is 0.913. The predicted octanol–water partition coefficient (Wildman–Crippen LogP) is 2.41. The highest BCUT2D eigenvalue weighted by Crippen LogP contribution is 2.37. The standard InChI is InChI=1S/C13H18ClNO3/c1-3-17-11-7-12(16-2)10(14)6-9(11)13-8-15-4-5-18-13/h6-7,13,15H,3-5,8H2,1-2H3. The monoisotopic (exact) mass is 271 g/mol. The summed E-state index contributed by atoms with van der Waals surface area (Å²) < 4.78 is 16.6. The van der Waals surface area contributed by atoms with E-state index in [1.54, 1.807) is 7.11 Å². The Morgan fingerprint density at radius 1 is 1.44 bits per heavy atom. The van der Waals surface area contributed by atoms with Crippen LogP contribution in [0, 0.1) is 0 Å². The number of ether oxygens (including phenoxy) is 3. The molecule has 0 aliphatic carbocycles. The second-order valence-electron chi connectivity index (χ2n) is 4.02. The van der Waals surface area contributed by atoms with Gasteiger partial charge in [-0.15, -0.1) is 0 Å². The summed E-state index contributed by atoms with van der Waals surface area (Å²) >= 11 is 6.16. The first-order valence-electron chi connectivity index (χ1n) is 6.08. The van der Waals surface area contributed by atoms with E-state index in [0.29, 0.717) is 24.0 Å². The van der Waals surface area contributed by atoms with Gasteiger partial charge in [0.25, 0.3) is 0 Å². The topological polar surface area (TPSA) is 39.7 Å². The molecule has 100 valence electrons. The molecule has 1 heterocycles. The van der Waals surface area contributed by atoms with Crippen LogP contribution in [-0.2, 0) is 4.74 Å². The highest BCUT2D eigenvalue weighted by atomic mass is 35.5. The summed E-state index contributed by atoms with van der Waals surface area (Å²) in [5.74, 6) is 1.39. The predicted molar refractivity (Wildman–Crippen MR) is 70.7 cm³/mol. The van der Waals surface area contributed by atoms with Crippen molar-refractivity contribution >= 4 is 11.6 Å². The van der Waals surface area contributed by atoms with Gasteiger partial charge in [-0.3, -0.25) is 0 Å². The van der Waals surface area contributed by atoms with Crippen LogP contribution >= 0.6 is 11.6 Å². The SMILES string of the molecule is CCOc1cc(OC)c(Cl)cc1C1CNCCO1. The maximum Gasteiger partial charge on any atom is 0.141 e. The van der Waals surface area contributed by atoms with Gasteiger partial charge >= 0.3 is 0 Å². The van der Waals surface area contributed by atoms with Crippen LogP contribution < -0.4 is 14.8 Å². The maximum absolute atomic E-state index is 6.16. The Morgan fingerprint density at radius 3 is 2.89 bits per heavy atom. The van der Waals surface area contributed by atoms with E-state index in [1.807, 2.05) is 19.1 Å². The third-order valence-electron chi connectivity index (χ3n) is 2.86. The molecule has 0 aromatic heterocycles. The van der Waals surface area contributed by atoms with Gasteiger partial charge in [-0.25, -0.2) is 0 Å². The fraction of sp³-hybridized carbons (Fsp3) is 0.538. The fourth-order valence-electron chi connectivity index (χ4n) is 2.00. The van der Waals surface area contributed by atoms with Crippen LogP contribution in [0.1, 0.15) is 18.6 Å². The third-order valence-corrected chi connectivity index (χ3v) is 3.15. The van der Waals surface area contributed by atoms with Gasteiger partial charge in [0.05, 0.1) is 31.5 Å². The Kier molecular flexibility index (Phi) is 4.69. The van der Waals surface area contributed by atoms with Crippen LogP contribution in [0.4, 0.5) is 0 Å². The number of halogens is 1. The van der Waals surface area contributed by atoms with Crippen molar-refractivity contribution in [3.05, 3.63) is 22.7 Å². The lowest BCUT2D eigenvalue weighted by atomic mass is 10.1. The van der Waals surface area contributed by atoms with Crippen LogP contribution in [-0.4, -0.2) is 33.4 Å². The molecule has 1 aromatic rings. The first kappa shape index (κ1) is 13.5. The second-order valence-corrected chi connectivity index (χ2v) is 4.43. The first-order valence-corrected chi connectivity index (χ1v) is 6.46. The summed E-state index contributed by atoms with van der Waals surface area (Å²) in [5.41, 5.74) is 0.967. The number of benzene rings is 1. The second kappa shape index (κ2) is 6.27. The van der Waals surface area contributed by atoms with Crippen LogP contribution in [0.2, 0.25) is 5.02 Å². The van der Waals surface area contributed by atoms with E-state index in [-0.39, 0.29) is 6.10 Å². The van der Waals surface area contributed by atoms with E-state index in [4.69, 9.17) is 25.8 Å². The van der Waals surface area contributed by atoms with E-state index < -0.39 is 0 Å². The van der Waals surface area contributed by atoms with Gasteiger partial charge in [0, 0.05) is 24.7 Å². The Morgan fingerprint density at radius 2 is 2.28 bits per heavy atom. The molecule has 0 amide bonds. The number of nitrogens with one attached hydrogen (secondary N) is 1. The summed E-state index contributed by atoms with van der Waals surface area (Å²) in [6.45, 7) is 4.88.